The normalized spacial score (nSPS) is 15.0. The van der Waals surface area contributed by atoms with Crippen LogP contribution in [0.25, 0.3) is 11.3 Å². The number of rotatable bonds is 3. The molecule has 0 spiro atoms. The number of benzene rings is 1. The first-order valence-electron chi connectivity index (χ1n) is 7.33. The van der Waals surface area contributed by atoms with Gasteiger partial charge in [-0.05, 0) is 24.5 Å². The van der Waals surface area contributed by atoms with Gasteiger partial charge in [0.1, 0.15) is 0 Å². The second-order valence-corrected chi connectivity index (χ2v) is 5.47. The molecule has 21 heavy (non-hydrogen) atoms. The van der Waals surface area contributed by atoms with E-state index in [0.29, 0.717) is 11.3 Å². The minimum Gasteiger partial charge on any atom is -0.349 e. The van der Waals surface area contributed by atoms with E-state index in [-0.39, 0.29) is 17.5 Å². The zero-order chi connectivity index (χ0) is 14.7. The quantitative estimate of drug-likeness (QED) is 0.909. The Bertz CT molecular complexity index is 685. The number of amides is 1. The van der Waals surface area contributed by atoms with Crippen molar-refractivity contribution >= 4 is 5.91 Å². The number of pyridine rings is 1. The third-order valence-corrected chi connectivity index (χ3v) is 3.88. The molecule has 2 aromatic rings. The molecule has 1 fully saturated rings. The molecule has 1 heterocycles. The summed E-state index contributed by atoms with van der Waals surface area (Å²) in [6, 6.07) is 12.9. The van der Waals surface area contributed by atoms with E-state index in [9.17, 15) is 9.59 Å². The number of hydrogen-bond donors (Lipinski definition) is 2. The number of carbonyl (C=O) groups is 1. The number of aromatic nitrogens is 1. The third kappa shape index (κ3) is 3.21. The summed E-state index contributed by atoms with van der Waals surface area (Å²) in [5.74, 6) is -0.162. The molecule has 3 rings (SSSR count). The Morgan fingerprint density at radius 3 is 2.52 bits per heavy atom. The zero-order valence-electron chi connectivity index (χ0n) is 11.8. The molecule has 4 heteroatoms. The van der Waals surface area contributed by atoms with Crippen LogP contribution in [-0.4, -0.2) is 16.9 Å². The molecule has 1 aromatic carbocycles. The van der Waals surface area contributed by atoms with Crippen molar-refractivity contribution in [3.05, 3.63) is 58.4 Å². The average Bonchev–Trinajstić information content (AvgIpc) is 3.00. The maximum absolute atomic E-state index is 12.3. The molecule has 108 valence electrons. The van der Waals surface area contributed by atoms with E-state index < -0.39 is 0 Å². The molecule has 1 aliphatic carbocycles. The molecule has 1 aliphatic rings. The molecular weight excluding hydrogens is 264 g/mol. The van der Waals surface area contributed by atoms with Crippen LogP contribution in [0.2, 0.25) is 0 Å². The van der Waals surface area contributed by atoms with E-state index in [1.807, 2.05) is 30.3 Å². The molecule has 0 unspecified atom stereocenters. The lowest BCUT2D eigenvalue weighted by Gasteiger charge is -2.12. The highest BCUT2D eigenvalue weighted by Crippen LogP contribution is 2.19. The number of aromatic amines is 1. The number of carbonyl (C=O) groups excluding carboxylic acids is 1. The van der Waals surface area contributed by atoms with Gasteiger partial charge in [0, 0.05) is 23.4 Å². The van der Waals surface area contributed by atoms with Crippen LogP contribution in [0, 0.1) is 0 Å². The fourth-order valence-electron chi connectivity index (χ4n) is 2.79. The molecule has 4 nitrogen and oxygen atoms in total. The smallest absolute Gasteiger partial charge is 0.251 e. The molecule has 0 saturated heterocycles. The van der Waals surface area contributed by atoms with Crippen LogP contribution < -0.4 is 10.9 Å². The lowest BCUT2D eigenvalue weighted by Crippen LogP contribution is -2.33. The van der Waals surface area contributed by atoms with Crippen molar-refractivity contribution in [1.29, 1.82) is 0 Å². The van der Waals surface area contributed by atoms with Gasteiger partial charge in [0.15, 0.2) is 0 Å². The fraction of sp³-hybridized carbons (Fsp3) is 0.294. The number of H-pyrrole nitrogens is 1. The van der Waals surface area contributed by atoms with Gasteiger partial charge in [-0.3, -0.25) is 9.59 Å². The van der Waals surface area contributed by atoms with Gasteiger partial charge in [-0.15, -0.1) is 0 Å². The Kier molecular flexibility index (Phi) is 3.86. The van der Waals surface area contributed by atoms with Crippen molar-refractivity contribution in [2.75, 3.05) is 0 Å². The van der Waals surface area contributed by atoms with Crippen LogP contribution in [0.15, 0.2) is 47.3 Å². The maximum Gasteiger partial charge on any atom is 0.251 e. The summed E-state index contributed by atoms with van der Waals surface area (Å²) in [6.45, 7) is 0. The summed E-state index contributed by atoms with van der Waals surface area (Å²) in [4.78, 5) is 26.8. The van der Waals surface area contributed by atoms with Gasteiger partial charge in [0.05, 0.1) is 0 Å². The molecule has 1 saturated carbocycles. The molecule has 1 aromatic heterocycles. The summed E-state index contributed by atoms with van der Waals surface area (Å²) < 4.78 is 0. The van der Waals surface area contributed by atoms with Gasteiger partial charge in [-0.25, -0.2) is 0 Å². The third-order valence-electron chi connectivity index (χ3n) is 3.88. The Morgan fingerprint density at radius 1 is 1.10 bits per heavy atom. The Balaban J connectivity index is 1.87. The fourth-order valence-corrected chi connectivity index (χ4v) is 2.79. The minimum absolute atomic E-state index is 0.162. The molecule has 0 aliphatic heterocycles. The van der Waals surface area contributed by atoms with E-state index in [1.165, 1.54) is 6.07 Å². The highest BCUT2D eigenvalue weighted by atomic mass is 16.2. The number of hydrogen-bond acceptors (Lipinski definition) is 2. The standard InChI is InChI=1S/C17H18N2O2/c20-16-11-13(17(21)18-14-8-4-5-9-14)10-15(19-16)12-6-2-1-3-7-12/h1-3,6-7,10-11,14H,4-5,8-9H2,(H,18,21)(H,19,20). The van der Waals surface area contributed by atoms with Crippen molar-refractivity contribution in [2.45, 2.75) is 31.7 Å². The molecule has 0 radical (unpaired) electrons. The van der Waals surface area contributed by atoms with Crippen molar-refractivity contribution in [3.8, 4) is 11.3 Å². The van der Waals surface area contributed by atoms with Gasteiger partial charge < -0.3 is 10.3 Å². The van der Waals surface area contributed by atoms with Crippen LogP contribution in [0.1, 0.15) is 36.0 Å². The summed E-state index contributed by atoms with van der Waals surface area (Å²) in [6.07, 6.45) is 4.38. The first-order chi connectivity index (χ1) is 10.2. The largest absolute Gasteiger partial charge is 0.349 e. The molecule has 1 amide bonds. The van der Waals surface area contributed by atoms with Crippen LogP contribution in [0.3, 0.4) is 0 Å². The van der Waals surface area contributed by atoms with E-state index in [1.54, 1.807) is 6.07 Å². The van der Waals surface area contributed by atoms with Crippen molar-refractivity contribution in [1.82, 2.24) is 10.3 Å². The van der Waals surface area contributed by atoms with Gasteiger partial charge in [-0.2, -0.15) is 0 Å². The second kappa shape index (κ2) is 5.95. The van der Waals surface area contributed by atoms with E-state index >= 15 is 0 Å². The molecule has 2 N–H and O–H groups in total. The van der Waals surface area contributed by atoms with Gasteiger partial charge in [0.25, 0.3) is 5.91 Å². The van der Waals surface area contributed by atoms with Gasteiger partial charge >= 0.3 is 0 Å². The van der Waals surface area contributed by atoms with Crippen LogP contribution in [0.4, 0.5) is 0 Å². The monoisotopic (exact) mass is 282 g/mol. The SMILES string of the molecule is O=C(NC1CCCC1)c1cc(-c2ccccc2)[nH]c(=O)c1. The molecule has 0 atom stereocenters. The highest BCUT2D eigenvalue weighted by Gasteiger charge is 2.18. The Morgan fingerprint density at radius 2 is 1.81 bits per heavy atom. The predicted molar refractivity (Wildman–Crippen MR) is 82.2 cm³/mol. The summed E-state index contributed by atoms with van der Waals surface area (Å²) in [7, 11) is 0. The predicted octanol–water partition coefficient (Wildman–Crippen LogP) is 2.71. The van der Waals surface area contributed by atoms with E-state index in [2.05, 4.69) is 10.3 Å². The van der Waals surface area contributed by atoms with Crippen molar-refractivity contribution < 1.29 is 4.79 Å². The lowest BCUT2D eigenvalue weighted by atomic mass is 10.1. The van der Waals surface area contributed by atoms with Crippen molar-refractivity contribution in [2.24, 2.45) is 0 Å². The first-order valence-corrected chi connectivity index (χ1v) is 7.33. The van der Waals surface area contributed by atoms with E-state index in [0.717, 1.165) is 31.2 Å². The van der Waals surface area contributed by atoms with Crippen LogP contribution >= 0.6 is 0 Å². The lowest BCUT2D eigenvalue weighted by molar-refractivity contribution is 0.0937. The van der Waals surface area contributed by atoms with Crippen LogP contribution in [0.5, 0.6) is 0 Å². The second-order valence-electron chi connectivity index (χ2n) is 5.47. The number of nitrogens with one attached hydrogen (secondary N) is 2. The molecular formula is C17H18N2O2. The minimum atomic E-state index is -0.257. The Labute approximate surface area is 123 Å². The van der Waals surface area contributed by atoms with Crippen molar-refractivity contribution in [3.63, 3.8) is 0 Å². The van der Waals surface area contributed by atoms with Gasteiger partial charge in [-0.1, -0.05) is 43.2 Å². The van der Waals surface area contributed by atoms with Gasteiger partial charge in [0.2, 0.25) is 5.56 Å². The maximum atomic E-state index is 12.3. The average molecular weight is 282 g/mol. The highest BCUT2D eigenvalue weighted by molar-refractivity contribution is 5.95. The van der Waals surface area contributed by atoms with Crippen LogP contribution in [-0.2, 0) is 0 Å². The zero-order valence-corrected chi connectivity index (χ0v) is 11.8. The Hall–Kier alpha value is -2.36. The topological polar surface area (TPSA) is 62.0 Å². The summed E-state index contributed by atoms with van der Waals surface area (Å²) in [5.41, 5.74) is 1.72. The summed E-state index contributed by atoms with van der Waals surface area (Å²) >= 11 is 0. The first kappa shape index (κ1) is 13.6. The molecule has 0 bridgehead atoms. The van der Waals surface area contributed by atoms with E-state index in [4.69, 9.17) is 0 Å². The summed E-state index contributed by atoms with van der Waals surface area (Å²) in [5, 5.41) is 3.01.